The first-order chi connectivity index (χ1) is 16.0. The summed E-state index contributed by atoms with van der Waals surface area (Å²) in [6.45, 7) is 1.93. The average molecular weight is 451 g/mol. The minimum absolute atomic E-state index is 0.179. The maximum absolute atomic E-state index is 11.1. The van der Waals surface area contributed by atoms with Crippen LogP contribution in [0.2, 0.25) is 0 Å². The molecule has 178 valence electrons. The molecule has 2 fully saturated rings. The van der Waals surface area contributed by atoms with Crippen molar-refractivity contribution < 1.29 is 20.4 Å². The quantitative estimate of drug-likeness (QED) is 0.557. The Balaban J connectivity index is 1.62. The molecule has 0 bridgehead atoms. The summed E-state index contributed by atoms with van der Waals surface area (Å²) >= 11 is 0. The maximum Gasteiger partial charge on any atom is 0.107 e. The lowest BCUT2D eigenvalue weighted by Gasteiger charge is -2.41. The third kappa shape index (κ3) is 4.27. The monoisotopic (exact) mass is 450 g/mol. The fourth-order valence-electron chi connectivity index (χ4n) is 6.83. The molecule has 2 aromatic carbocycles. The van der Waals surface area contributed by atoms with E-state index in [1.807, 2.05) is 0 Å². The van der Waals surface area contributed by atoms with Crippen LogP contribution in [0.3, 0.4) is 0 Å². The first kappa shape index (κ1) is 23.0. The van der Waals surface area contributed by atoms with Crippen molar-refractivity contribution in [2.45, 2.75) is 94.9 Å². The van der Waals surface area contributed by atoms with Gasteiger partial charge in [-0.05, 0) is 91.2 Å². The summed E-state index contributed by atoms with van der Waals surface area (Å²) in [7, 11) is 0. The van der Waals surface area contributed by atoms with Crippen LogP contribution in [-0.4, -0.2) is 45.3 Å². The van der Waals surface area contributed by atoms with E-state index in [4.69, 9.17) is 0 Å². The van der Waals surface area contributed by atoms with E-state index in [9.17, 15) is 20.4 Å². The van der Waals surface area contributed by atoms with Crippen molar-refractivity contribution in [2.24, 2.45) is 5.92 Å². The van der Waals surface area contributed by atoms with Crippen LogP contribution in [0.5, 0.6) is 0 Å². The number of rotatable bonds is 5. The van der Waals surface area contributed by atoms with Gasteiger partial charge in [-0.1, -0.05) is 48.7 Å². The van der Waals surface area contributed by atoms with Gasteiger partial charge in [0.1, 0.15) is 6.10 Å². The van der Waals surface area contributed by atoms with E-state index in [0.29, 0.717) is 12.3 Å². The lowest BCUT2D eigenvalue weighted by molar-refractivity contribution is -0.127. The van der Waals surface area contributed by atoms with Crippen molar-refractivity contribution in [3.63, 3.8) is 0 Å². The molecule has 2 saturated carbocycles. The predicted octanol–water partition coefficient (Wildman–Crippen LogP) is 3.91. The summed E-state index contributed by atoms with van der Waals surface area (Å²) in [5.74, 6) is -0.165. The minimum Gasteiger partial charge on any atom is -0.396 e. The van der Waals surface area contributed by atoms with E-state index in [-0.39, 0.29) is 12.5 Å². The maximum atomic E-state index is 11.1. The number of aliphatic hydroxyl groups excluding tert-OH is 4. The molecule has 33 heavy (non-hydrogen) atoms. The Bertz CT molecular complexity index is 974. The second-order valence-corrected chi connectivity index (χ2v) is 10.7. The van der Waals surface area contributed by atoms with Gasteiger partial charge in [-0.3, -0.25) is 0 Å². The zero-order chi connectivity index (χ0) is 23.1. The molecule has 0 heterocycles. The highest BCUT2D eigenvalue weighted by molar-refractivity contribution is 5.53. The molecule has 0 amide bonds. The zero-order valence-corrected chi connectivity index (χ0v) is 19.7. The van der Waals surface area contributed by atoms with Crippen molar-refractivity contribution in [3.05, 3.63) is 69.3 Å². The Morgan fingerprint density at radius 1 is 0.848 bits per heavy atom. The summed E-state index contributed by atoms with van der Waals surface area (Å²) < 4.78 is 0. The SMILES string of the molecule is Cc1ccc(Cc2cc(C3CC(CO)C(O)C(O)C3O)c(C3CCCC3)c3c2CCC3)cc1. The summed E-state index contributed by atoms with van der Waals surface area (Å²) in [6.07, 6.45) is 6.29. The van der Waals surface area contributed by atoms with Crippen LogP contribution in [0.4, 0.5) is 0 Å². The van der Waals surface area contributed by atoms with Crippen molar-refractivity contribution in [3.8, 4) is 0 Å². The van der Waals surface area contributed by atoms with E-state index in [2.05, 4.69) is 37.3 Å². The highest BCUT2D eigenvalue weighted by Crippen LogP contribution is 2.48. The normalized spacial score (nSPS) is 30.0. The Morgan fingerprint density at radius 3 is 2.24 bits per heavy atom. The van der Waals surface area contributed by atoms with Gasteiger partial charge in [0.15, 0.2) is 0 Å². The predicted molar refractivity (Wildman–Crippen MR) is 130 cm³/mol. The number of aliphatic hydroxyl groups is 4. The number of fused-ring (bicyclic) bond motifs is 1. The summed E-state index contributed by atoms with van der Waals surface area (Å²) in [4.78, 5) is 0. The number of hydrogen-bond donors (Lipinski definition) is 4. The molecule has 0 radical (unpaired) electrons. The van der Waals surface area contributed by atoms with Crippen molar-refractivity contribution in [1.29, 1.82) is 0 Å². The molecule has 4 heteroatoms. The first-order valence-electron chi connectivity index (χ1n) is 12.9. The van der Waals surface area contributed by atoms with E-state index in [0.717, 1.165) is 19.3 Å². The average Bonchev–Trinajstić information content (AvgIpc) is 3.52. The Morgan fingerprint density at radius 2 is 1.55 bits per heavy atom. The first-order valence-corrected chi connectivity index (χ1v) is 12.9. The van der Waals surface area contributed by atoms with Crippen LogP contribution in [0.25, 0.3) is 0 Å². The van der Waals surface area contributed by atoms with E-state index < -0.39 is 24.2 Å². The van der Waals surface area contributed by atoms with Gasteiger partial charge < -0.3 is 20.4 Å². The van der Waals surface area contributed by atoms with Gasteiger partial charge in [0.2, 0.25) is 0 Å². The van der Waals surface area contributed by atoms with Crippen LogP contribution in [0.1, 0.15) is 89.3 Å². The van der Waals surface area contributed by atoms with Crippen LogP contribution >= 0.6 is 0 Å². The molecule has 0 saturated heterocycles. The van der Waals surface area contributed by atoms with Crippen LogP contribution in [-0.2, 0) is 19.3 Å². The highest BCUT2D eigenvalue weighted by atomic mass is 16.4. The molecule has 3 aliphatic rings. The Hall–Kier alpha value is -1.72. The molecule has 2 aromatic rings. The van der Waals surface area contributed by atoms with Gasteiger partial charge in [0.05, 0.1) is 12.2 Å². The number of benzene rings is 2. The minimum atomic E-state index is -1.23. The number of aryl methyl sites for hydroxylation is 1. The fraction of sp³-hybridized carbons (Fsp3) is 0.586. The smallest absolute Gasteiger partial charge is 0.107 e. The number of hydrogen-bond acceptors (Lipinski definition) is 4. The Labute approximate surface area is 197 Å². The molecule has 0 aliphatic heterocycles. The molecule has 0 aromatic heterocycles. The van der Waals surface area contributed by atoms with Gasteiger partial charge in [-0.2, -0.15) is 0 Å². The molecule has 0 spiro atoms. The highest BCUT2D eigenvalue weighted by Gasteiger charge is 2.44. The second kappa shape index (κ2) is 9.50. The molecule has 5 rings (SSSR count). The molecule has 5 unspecified atom stereocenters. The molecule has 4 nitrogen and oxygen atoms in total. The van der Waals surface area contributed by atoms with Gasteiger partial charge in [0, 0.05) is 18.4 Å². The van der Waals surface area contributed by atoms with E-state index in [1.165, 1.54) is 71.0 Å². The van der Waals surface area contributed by atoms with Gasteiger partial charge in [-0.15, -0.1) is 0 Å². The van der Waals surface area contributed by atoms with Gasteiger partial charge in [-0.25, -0.2) is 0 Å². The van der Waals surface area contributed by atoms with Crippen molar-refractivity contribution >= 4 is 0 Å². The Kier molecular flexibility index (Phi) is 6.63. The van der Waals surface area contributed by atoms with E-state index in [1.54, 1.807) is 0 Å². The van der Waals surface area contributed by atoms with Crippen molar-refractivity contribution in [1.82, 2.24) is 0 Å². The molecular weight excluding hydrogens is 412 g/mol. The molecule has 3 aliphatic carbocycles. The van der Waals surface area contributed by atoms with E-state index >= 15 is 0 Å². The topological polar surface area (TPSA) is 80.9 Å². The zero-order valence-electron chi connectivity index (χ0n) is 19.7. The summed E-state index contributed by atoms with van der Waals surface area (Å²) in [5.41, 5.74) is 9.49. The third-order valence-corrected chi connectivity index (χ3v) is 8.64. The van der Waals surface area contributed by atoms with Crippen LogP contribution in [0.15, 0.2) is 30.3 Å². The third-order valence-electron chi connectivity index (χ3n) is 8.64. The van der Waals surface area contributed by atoms with Crippen LogP contribution in [0, 0.1) is 12.8 Å². The largest absolute Gasteiger partial charge is 0.396 e. The second-order valence-electron chi connectivity index (χ2n) is 10.7. The standard InChI is InChI=1S/C29H38O4/c1-17-9-11-18(12-10-17)13-20-14-24(25-15-21(16-30)27(31)29(33)28(25)32)26(19-5-2-3-6-19)23-8-4-7-22(20)23/h9-12,14,19,21,25,27-33H,2-8,13,15-16H2,1H3. The lowest BCUT2D eigenvalue weighted by atomic mass is 9.69. The molecule has 4 N–H and O–H groups in total. The molecular formula is C29H38O4. The van der Waals surface area contributed by atoms with Gasteiger partial charge in [0.25, 0.3) is 0 Å². The van der Waals surface area contributed by atoms with Gasteiger partial charge >= 0.3 is 0 Å². The fourth-order valence-corrected chi connectivity index (χ4v) is 6.83. The lowest BCUT2D eigenvalue weighted by Crippen LogP contribution is -2.51. The molecule has 5 atom stereocenters. The summed E-state index contributed by atoms with van der Waals surface area (Å²) in [5, 5.41) is 42.1. The van der Waals surface area contributed by atoms with Crippen LogP contribution < -0.4 is 0 Å². The summed E-state index contributed by atoms with van der Waals surface area (Å²) in [6, 6.07) is 11.1. The van der Waals surface area contributed by atoms with Crippen molar-refractivity contribution in [2.75, 3.05) is 6.61 Å².